The third-order valence-corrected chi connectivity index (χ3v) is 18.5. The fraction of sp³-hybridized carbons (Fsp3) is 0.340. The number of ether oxygens (including phenoxy) is 1. The van der Waals surface area contributed by atoms with E-state index in [9.17, 15) is 33.9 Å². The SMILES string of the molecule is CNC(=O)C[C@@H]1NC(=O)c2csc(n2)-c2ccc(-c3nc(NC(=O)CCCCCN)cs3)nc2-c2cnc(s2)-c2csc(n2)[C@H]([C@@H](O)c2ccccc2)NC(=O)CNC(=O)c2nc(sc2COC)[C@H](C(C)C)NC(=O)c2nc1sc2C. The van der Waals surface area contributed by atoms with Crippen molar-refractivity contribution in [2.75, 3.05) is 32.6 Å². The Morgan fingerprint density at radius 2 is 1.52 bits per heavy atom. The molecule has 0 spiro atoms. The van der Waals surface area contributed by atoms with E-state index in [1.807, 2.05) is 26.0 Å². The minimum Gasteiger partial charge on any atom is -0.386 e. The Balaban J connectivity index is 1.11. The average Bonchev–Trinajstić information content (AvgIpc) is 4.36. The molecule has 7 aromatic heterocycles. The van der Waals surface area contributed by atoms with Crippen LogP contribution in [0.4, 0.5) is 5.82 Å². The quantitative estimate of drug-likeness (QED) is 0.0482. The Bertz CT molecular complexity index is 3570. The maximum absolute atomic E-state index is 14.3. The topological polar surface area (TPSA) is 320 Å². The zero-order valence-electron chi connectivity index (χ0n) is 44.4. The van der Waals surface area contributed by atoms with E-state index in [-0.39, 0.29) is 47.8 Å². The molecule has 1 aliphatic heterocycles. The molecule has 0 fully saturated rings. The third-order valence-electron chi connectivity index (χ3n) is 12.6. The van der Waals surface area contributed by atoms with Crippen molar-refractivity contribution in [3.8, 4) is 42.5 Å². The lowest BCUT2D eigenvalue weighted by Gasteiger charge is -2.23. The van der Waals surface area contributed by atoms with E-state index in [0.29, 0.717) is 98.1 Å². The van der Waals surface area contributed by atoms with Gasteiger partial charge in [0.15, 0.2) is 0 Å². The number of hydrogen-bond acceptors (Lipinski definition) is 22. The number of carbonyl (C=O) groups excluding carboxylic acids is 6. The zero-order chi connectivity index (χ0) is 57.3. The smallest absolute Gasteiger partial charge is 0.271 e. The molecule has 22 nitrogen and oxygen atoms in total. The van der Waals surface area contributed by atoms with Crippen LogP contribution in [0.5, 0.6) is 0 Å². The summed E-state index contributed by atoms with van der Waals surface area (Å²) in [6, 6.07) is 9.66. The number of thiazole rings is 6. The first-order valence-electron chi connectivity index (χ1n) is 25.5. The molecule has 10 bridgehead atoms. The number of methoxy groups -OCH3 is 1. The molecule has 8 aromatic rings. The number of nitrogens with two attached hydrogens (primary N) is 1. The highest BCUT2D eigenvalue weighted by molar-refractivity contribution is 7.19. The second-order valence-corrected chi connectivity index (χ2v) is 24.8. The predicted molar refractivity (Wildman–Crippen MR) is 313 cm³/mol. The minimum absolute atomic E-state index is 0.00565. The van der Waals surface area contributed by atoms with Crippen LogP contribution in [-0.2, 0) is 25.7 Å². The number of aliphatic hydroxyl groups is 1. The van der Waals surface area contributed by atoms with Gasteiger partial charge in [-0.3, -0.25) is 28.8 Å². The molecule has 81 heavy (non-hydrogen) atoms. The van der Waals surface area contributed by atoms with Gasteiger partial charge in [-0.25, -0.2) is 34.9 Å². The van der Waals surface area contributed by atoms with Crippen molar-refractivity contribution < 1.29 is 38.6 Å². The molecule has 0 radical (unpaired) electrons. The highest BCUT2D eigenvalue weighted by Crippen LogP contribution is 2.41. The first kappa shape index (κ1) is 58.5. The number of nitrogens with one attached hydrogen (secondary N) is 6. The Morgan fingerprint density at radius 1 is 0.741 bits per heavy atom. The number of carbonyl (C=O) groups is 6. The molecule has 0 unspecified atom stereocenters. The van der Waals surface area contributed by atoms with Gasteiger partial charge in [-0.15, -0.1) is 68.0 Å². The molecule has 4 atom stereocenters. The Labute approximate surface area is 488 Å². The van der Waals surface area contributed by atoms with Crippen LogP contribution in [0.2, 0.25) is 0 Å². The summed E-state index contributed by atoms with van der Waals surface area (Å²) in [6.45, 7) is 5.56. The van der Waals surface area contributed by atoms with Crippen molar-refractivity contribution in [1.29, 1.82) is 0 Å². The van der Waals surface area contributed by atoms with E-state index in [1.165, 1.54) is 70.8 Å². The molecule has 6 amide bonds. The van der Waals surface area contributed by atoms with Gasteiger partial charge in [0.1, 0.15) is 70.8 Å². The summed E-state index contributed by atoms with van der Waals surface area (Å²) in [5.41, 5.74) is 8.21. The number of fused-ring (bicyclic) bond motifs is 14. The van der Waals surface area contributed by atoms with Crippen LogP contribution in [0, 0.1) is 12.8 Å². The number of unbranched alkanes of at least 4 members (excludes halogenated alkanes) is 2. The molecule has 9 rings (SSSR count). The summed E-state index contributed by atoms with van der Waals surface area (Å²) in [5.74, 6) is -2.83. The van der Waals surface area contributed by atoms with Crippen molar-refractivity contribution in [2.45, 2.75) is 83.7 Å². The molecule has 0 aliphatic carbocycles. The van der Waals surface area contributed by atoms with E-state index < -0.39 is 54.4 Å². The van der Waals surface area contributed by atoms with Crippen molar-refractivity contribution >= 4 is 109 Å². The summed E-state index contributed by atoms with van der Waals surface area (Å²) < 4.78 is 5.45. The molecular formula is C53H56N14O8S6. The lowest BCUT2D eigenvalue weighted by molar-refractivity contribution is -0.122. The highest BCUT2D eigenvalue weighted by Gasteiger charge is 2.33. The lowest BCUT2D eigenvalue weighted by Crippen LogP contribution is -2.40. The number of hydrogen-bond donors (Lipinski definition) is 8. The Hall–Kier alpha value is -7.15. The number of anilines is 1. The van der Waals surface area contributed by atoms with Gasteiger partial charge in [0.2, 0.25) is 17.7 Å². The second kappa shape index (κ2) is 26.6. The van der Waals surface area contributed by atoms with Crippen LogP contribution in [0.25, 0.3) is 42.5 Å². The first-order chi connectivity index (χ1) is 39.1. The Kier molecular flexibility index (Phi) is 19.2. The zero-order valence-corrected chi connectivity index (χ0v) is 49.3. The number of amides is 6. The van der Waals surface area contributed by atoms with E-state index in [4.69, 9.17) is 45.4 Å². The van der Waals surface area contributed by atoms with Crippen LogP contribution < -0.4 is 37.6 Å². The number of aryl methyl sites for hydroxylation is 1. The molecule has 0 saturated heterocycles. The molecule has 9 N–H and O–H groups in total. The molecule has 1 aliphatic rings. The van der Waals surface area contributed by atoms with Crippen molar-refractivity contribution in [2.24, 2.45) is 11.7 Å². The standard InChI is InChI=1S/C53H56N14O8S6/c1-25(2)39-53-67-42(34(81-53)21-75-5)46(73)56-20-38(70)64-43(44(71)27-12-8-6-9-13-27)52-61-32(23-77-52)49-57-19-33(80-49)41-28(15-16-29(58-41)50-63-35(24-78-50)62-36(68)14-10-7-11-17-54)48-60-31(22-76-48)45(72)59-30(18-37(69)55-4)51-66-40(26(3)79-51)47(74)65-39/h6,8-9,12-13,15-16,19,22-25,30,39,43-44,71H,7,10-11,14,17-18,20-21,54H2,1-5H3,(H,55,69)(H,56,73)(H,59,72)(H,62,68)(H,64,70)(H,65,74)/t30-,39-,43-,44-/m0/s1. The molecule has 8 heterocycles. The van der Waals surface area contributed by atoms with Crippen LogP contribution in [0.15, 0.2) is 64.8 Å². The second-order valence-electron chi connectivity index (χ2n) is 18.8. The fourth-order valence-corrected chi connectivity index (χ4v) is 14.1. The van der Waals surface area contributed by atoms with E-state index in [1.54, 1.807) is 59.6 Å². The van der Waals surface area contributed by atoms with Gasteiger partial charge in [0, 0.05) is 53.4 Å². The number of aromatic nitrogens is 7. The maximum atomic E-state index is 14.3. The van der Waals surface area contributed by atoms with Gasteiger partial charge in [0.05, 0.1) is 52.8 Å². The highest BCUT2D eigenvalue weighted by atomic mass is 32.1. The van der Waals surface area contributed by atoms with Crippen LogP contribution >= 0.6 is 68.0 Å². The van der Waals surface area contributed by atoms with Crippen molar-refractivity contribution in [3.63, 3.8) is 0 Å². The van der Waals surface area contributed by atoms with Crippen LogP contribution in [-0.4, -0.2) is 103 Å². The Morgan fingerprint density at radius 3 is 2.28 bits per heavy atom. The van der Waals surface area contributed by atoms with Crippen molar-refractivity contribution in [3.05, 3.63) is 112 Å². The van der Waals surface area contributed by atoms with E-state index in [0.717, 1.165) is 24.2 Å². The van der Waals surface area contributed by atoms with Crippen LogP contribution in [0.3, 0.4) is 0 Å². The number of nitrogens with zero attached hydrogens (tertiary/aromatic N) is 7. The predicted octanol–water partition coefficient (Wildman–Crippen LogP) is 7.77. The summed E-state index contributed by atoms with van der Waals surface area (Å²) in [7, 11) is 2.95. The fourth-order valence-electron chi connectivity index (χ4n) is 8.45. The lowest BCUT2D eigenvalue weighted by atomic mass is 10.0. The maximum Gasteiger partial charge on any atom is 0.271 e. The number of benzene rings is 1. The molecule has 422 valence electrons. The third kappa shape index (κ3) is 14.0. The van der Waals surface area contributed by atoms with E-state index >= 15 is 0 Å². The van der Waals surface area contributed by atoms with Gasteiger partial charge >= 0.3 is 0 Å². The average molecular weight is 1210 g/mol. The largest absolute Gasteiger partial charge is 0.386 e. The van der Waals surface area contributed by atoms with Gasteiger partial charge in [-0.1, -0.05) is 50.6 Å². The van der Waals surface area contributed by atoms with E-state index in [2.05, 4.69) is 31.9 Å². The summed E-state index contributed by atoms with van der Waals surface area (Å²) in [5, 5.41) is 36.5. The molecular weight excluding hydrogens is 1150 g/mol. The summed E-state index contributed by atoms with van der Waals surface area (Å²) in [4.78, 5) is 117. The monoisotopic (exact) mass is 1210 g/mol. The molecule has 1 aromatic carbocycles. The number of pyridine rings is 1. The molecule has 0 saturated carbocycles. The van der Waals surface area contributed by atoms with Crippen LogP contribution in [0.1, 0.15) is 132 Å². The minimum atomic E-state index is -1.26. The number of rotatable bonds is 14. The summed E-state index contributed by atoms with van der Waals surface area (Å²) in [6.07, 6.45) is 2.89. The van der Waals surface area contributed by atoms with Gasteiger partial charge in [-0.2, -0.15) is 0 Å². The summed E-state index contributed by atoms with van der Waals surface area (Å²) >= 11 is 7.31. The van der Waals surface area contributed by atoms with Crippen molar-refractivity contribution in [1.82, 2.24) is 61.5 Å². The number of aliphatic hydroxyl groups excluding tert-OH is 1. The van der Waals surface area contributed by atoms with Gasteiger partial charge in [0.25, 0.3) is 17.7 Å². The first-order valence-corrected chi connectivity index (χ1v) is 30.6. The van der Waals surface area contributed by atoms with Gasteiger partial charge in [-0.05, 0) is 49.9 Å². The normalized spacial score (nSPS) is 16.5. The van der Waals surface area contributed by atoms with Gasteiger partial charge < -0.3 is 47.5 Å². The molecule has 28 heteroatoms.